The van der Waals surface area contributed by atoms with Crippen LogP contribution in [0.25, 0.3) is 0 Å². The number of para-hydroxylation sites is 1. The predicted molar refractivity (Wildman–Crippen MR) is 97.6 cm³/mol. The lowest BCUT2D eigenvalue weighted by Crippen LogP contribution is -2.46. The first-order valence-electron chi connectivity index (χ1n) is 8.58. The lowest BCUT2D eigenvalue weighted by atomic mass is 10.1. The van der Waals surface area contributed by atoms with Gasteiger partial charge in [-0.15, -0.1) is 0 Å². The van der Waals surface area contributed by atoms with Crippen molar-refractivity contribution in [2.24, 2.45) is 5.92 Å². The summed E-state index contributed by atoms with van der Waals surface area (Å²) in [6.07, 6.45) is 2.59. The zero-order valence-corrected chi connectivity index (χ0v) is 15.0. The van der Waals surface area contributed by atoms with Crippen LogP contribution in [0.3, 0.4) is 0 Å². The number of nitrogens with zero attached hydrogens (tertiary/aromatic N) is 3. The van der Waals surface area contributed by atoms with Crippen molar-refractivity contribution in [2.75, 3.05) is 10.6 Å². The first-order valence-corrected chi connectivity index (χ1v) is 8.58. The van der Waals surface area contributed by atoms with Crippen LogP contribution in [0.2, 0.25) is 0 Å². The summed E-state index contributed by atoms with van der Waals surface area (Å²) in [6.45, 7) is 5.66. The fraction of sp³-hybridized carbons (Fsp3) is 0.368. The van der Waals surface area contributed by atoms with Crippen molar-refractivity contribution >= 4 is 23.4 Å². The van der Waals surface area contributed by atoms with Crippen LogP contribution in [-0.2, 0) is 16.0 Å². The third kappa shape index (κ3) is 3.24. The summed E-state index contributed by atoms with van der Waals surface area (Å²) in [4.78, 5) is 35.1. The minimum Gasteiger partial charge on any atom is -0.447 e. The number of nitrogen functional groups attached to an aromatic ring is 1. The maximum absolute atomic E-state index is 13.2. The average Bonchev–Trinajstić information content (AvgIpc) is 2.94. The summed E-state index contributed by atoms with van der Waals surface area (Å²) in [6, 6.07) is 7.78. The highest BCUT2D eigenvalue weighted by molar-refractivity contribution is 6.01. The first kappa shape index (κ1) is 17.8. The van der Waals surface area contributed by atoms with E-state index in [9.17, 15) is 9.59 Å². The highest BCUT2D eigenvalue weighted by Gasteiger charge is 2.38. The molecule has 0 spiro atoms. The fourth-order valence-corrected chi connectivity index (χ4v) is 3.19. The van der Waals surface area contributed by atoms with E-state index in [1.54, 1.807) is 4.90 Å². The second-order valence-corrected chi connectivity index (χ2v) is 6.75. The molecule has 136 valence electrons. The number of anilines is 2. The number of hydrogen-bond donors (Lipinski definition) is 1. The lowest BCUT2D eigenvalue weighted by molar-refractivity contribution is -0.129. The molecule has 7 nitrogen and oxygen atoms in total. The predicted octanol–water partition coefficient (Wildman–Crippen LogP) is 2.22. The molecular weight excluding hydrogens is 332 g/mol. The van der Waals surface area contributed by atoms with Crippen LogP contribution in [-0.4, -0.2) is 34.0 Å². The first-order chi connectivity index (χ1) is 12.4. The highest BCUT2D eigenvalue weighted by atomic mass is 16.5. The topological polar surface area (TPSA) is 98.4 Å². The van der Waals surface area contributed by atoms with E-state index in [4.69, 9.17) is 10.5 Å². The molecule has 1 aliphatic heterocycles. The summed E-state index contributed by atoms with van der Waals surface area (Å²) in [5, 5.41) is 0. The number of nitrogens with two attached hydrogens (primary N) is 1. The van der Waals surface area contributed by atoms with Gasteiger partial charge in [0.1, 0.15) is 0 Å². The Morgan fingerprint density at radius 2 is 1.92 bits per heavy atom. The number of benzene rings is 1. The molecule has 2 aromatic rings. The van der Waals surface area contributed by atoms with Gasteiger partial charge < -0.3 is 15.4 Å². The number of aromatic nitrogens is 2. The third-order valence-electron chi connectivity index (χ3n) is 4.45. The van der Waals surface area contributed by atoms with Crippen LogP contribution in [0.1, 0.15) is 36.8 Å². The molecule has 7 heteroatoms. The van der Waals surface area contributed by atoms with Crippen LogP contribution in [0, 0.1) is 5.92 Å². The molecule has 0 aliphatic carbocycles. The Morgan fingerprint density at radius 1 is 1.23 bits per heavy atom. The van der Waals surface area contributed by atoms with Gasteiger partial charge in [-0.05, 0) is 30.9 Å². The number of fused-ring (bicyclic) bond motifs is 1. The Balaban J connectivity index is 1.86. The van der Waals surface area contributed by atoms with Crippen LogP contribution in [0.15, 0.2) is 36.7 Å². The van der Waals surface area contributed by atoms with E-state index >= 15 is 0 Å². The van der Waals surface area contributed by atoms with Crippen LogP contribution >= 0.6 is 0 Å². The van der Waals surface area contributed by atoms with Gasteiger partial charge >= 0.3 is 5.97 Å². The normalized spacial score (nSPS) is 17.1. The van der Waals surface area contributed by atoms with Crippen molar-refractivity contribution in [1.29, 1.82) is 0 Å². The van der Waals surface area contributed by atoms with E-state index in [0.717, 1.165) is 17.7 Å². The Labute approximate surface area is 152 Å². The molecule has 0 unspecified atom stereocenters. The summed E-state index contributed by atoms with van der Waals surface area (Å²) < 4.78 is 5.50. The number of carbonyl (C=O) groups excluding carboxylic acids is 2. The molecule has 2 atom stereocenters. The molecule has 3 rings (SSSR count). The zero-order chi connectivity index (χ0) is 18.8. The average molecular weight is 354 g/mol. The molecule has 0 saturated heterocycles. The van der Waals surface area contributed by atoms with Crippen LogP contribution in [0.4, 0.5) is 11.5 Å². The van der Waals surface area contributed by atoms with Crippen molar-refractivity contribution in [3.63, 3.8) is 0 Å². The molecule has 2 heterocycles. The second kappa shape index (κ2) is 7.11. The molecule has 26 heavy (non-hydrogen) atoms. The summed E-state index contributed by atoms with van der Waals surface area (Å²) in [5.74, 6) is -1.22. The lowest BCUT2D eigenvalue weighted by Gasteiger charge is -2.29. The molecular formula is C19H22N4O3. The monoisotopic (exact) mass is 354 g/mol. The van der Waals surface area contributed by atoms with Gasteiger partial charge in [0, 0.05) is 24.1 Å². The number of amides is 1. The second-order valence-electron chi connectivity index (χ2n) is 6.75. The minimum atomic E-state index is -0.933. The third-order valence-corrected chi connectivity index (χ3v) is 4.45. The van der Waals surface area contributed by atoms with Gasteiger partial charge in [0.2, 0.25) is 0 Å². The van der Waals surface area contributed by atoms with Crippen LogP contribution in [0.5, 0.6) is 0 Å². The molecule has 1 amide bonds. The van der Waals surface area contributed by atoms with Crippen molar-refractivity contribution in [3.8, 4) is 0 Å². The van der Waals surface area contributed by atoms with Gasteiger partial charge in [-0.1, -0.05) is 32.0 Å². The van der Waals surface area contributed by atoms with E-state index in [1.807, 2.05) is 45.0 Å². The smallest absolute Gasteiger partial charge is 0.361 e. The maximum Gasteiger partial charge on any atom is 0.361 e. The molecule has 1 aromatic heterocycles. The molecule has 0 fully saturated rings. The molecule has 2 N–H and O–H groups in total. The van der Waals surface area contributed by atoms with Crippen LogP contribution < -0.4 is 10.6 Å². The van der Waals surface area contributed by atoms with Gasteiger partial charge in [0.25, 0.3) is 5.91 Å². The van der Waals surface area contributed by atoms with Crippen molar-refractivity contribution in [1.82, 2.24) is 9.97 Å². The number of rotatable bonds is 4. The maximum atomic E-state index is 13.2. The van der Waals surface area contributed by atoms with E-state index < -0.39 is 12.1 Å². The quantitative estimate of drug-likeness (QED) is 0.845. The summed E-state index contributed by atoms with van der Waals surface area (Å²) >= 11 is 0. The molecule has 1 aliphatic rings. The van der Waals surface area contributed by atoms with E-state index in [2.05, 4.69) is 9.97 Å². The molecule has 0 saturated carbocycles. The summed E-state index contributed by atoms with van der Waals surface area (Å²) in [7, 11) is 0. The van der Waals surface area contributed by atoms with E-state index in [-0.39, 0.29) is 29.4 Å². The molecule has 0 bridgehead atoms. The molecule has 0 radical (unpaired) electrons. The number of hydrogen-bond acceptors (Lipinski definition) is 6. The number of esters is 1. The van der Waals surface area contributed by atoms with Gasteiger partial charge in [-0.25, -0.2) is 14.8 Å². The number of carbonyl (C=O) groups is 2. The van der Waals surface area contributed by atoms with E-state index in [0.29, 0.717) is 0 Å². The minimum absolute atomic E-state index is 0.00133. The van der Waals surface area contributed by atoms with Gasteiger partial charge in [-0.2, -0.15) is 0 Å². The van der Waals surface area contributed by atoms with Crippen molar-refractivity contribution in [3.05, 3.63) is 47.9 Å². The zero-order valence-electron chi connectivity index (χ0n) is 15.0. The Bertz CT molecular complexity index is 837. The Hall–Kier alpha value is -2.96. The largest absolute Gasteiger partial charge is 0.447 e. The fourth-order valence-electron chi connectivity index (χ4n) is 3.19. The Kier molecular flexibility index (Phi) is 4.88. The van der Waals surface area contributed by atoms with Gasteiger partial charge in [-0.3, -0.25) is 4.79 Å². The SMILES string of the molecule is CC(C)[C@H](OC(=O)c1nccnc1N)C(=O)N1c2ccccc2C[C@H]1C. The summed E-state index contributed by atoms with van der Waals surface area (Å²) in [5.41, 5.74) is 7.58. The highest BCUT2D eigenvalue weighted by Crippen LogP contribution is 2.33. The van der Waals surface area contributed by atoms with Crippen molar-refractivity contribution < 1.29 is 14.3 Å². The van der Waals surface area contributed by atoms with Gasteiger partial charge in [0.05, 0.1) is 0 Å². The molecule has 1 aromatic carbocycles. The van der Waals surface area contributed by atoms with Crippen molar-refractivity contribution in [2.45, 2.75) is 39.3 Å². The van der Waals surface area contributed by atoms with E-state index in [1.165, 1.54) is 12.4 Å². The standard InChI is InChI=1S/C19H22N4O3/c1-11(2)16(26-19(25)15-17(20)22-9-8-21-15)18(24)23-12(3)10-13-6-4-5-7-14(13)23/h4-9,11-12,16H,10H2,1-3H3,(H2,20,22)/t12-,16+/m1/s1. The Morgan fingerprint density at radius 3 is 2.62 bits per heavy atom. The number of ether oxygens (including phenoxy) is 1. The van der Waals surface area contributed by atoms with Gasteiger partial charge in [0.15, 0.2) is 17.6 Å².